The van der Waals surface area contributed by atoms with Crippen molar-refractivity contribution in [2.75, 3.05) is 26.8 Å². The summed E-state index contributed by atoms with van der Waals surface area (Å²) in [5, 5.41) is 16.6. The molecule has 150 valence electrons. The van der Waals surface area contributed by atoms with E-state index >= 15 is 0 Å². The molecule has 0 radical (unpaired) electrons. The minimum Gasteiger partial charge on any atom is -0.496 e. The fraction of sp³-hybridized carbons (Fsp3) is 0.632. The lowest BCUT2D eigenvalue weighted by atomic mass is 9.94. The summed E-state index contributed by atoms with van der Waals surface area (Å²) in [6.07, 6.45) is 1.88. The fourth-order valence-corrected chi connectivity index (χ4v) is 2.91. The molecule has 0 aromatic heterocycles. The standard InChI is InChI=1S/C19H32ClN3O2.HI/c1-5-21-19(22-12-15(8-9-24)10-14(2)3)23-13-16-6-7-17(20)11-18(16)25-4;/h6-7,11,14-15,24H,5,8-10,12-13H2,1-4H3,(H2,21,22,23);1H. The summed E-state index contributed by atoms with van der Waals surface area (Å²) in [6, 6.07) is 5.57. The normalized spacial score (nSPS) is 12.5. The van der Waals surface area contributed by atoms with Crippen LogP contribution in [0.15, 0.2) is 23.2 Å². The van der Waals surface area contributed by atoms with E-state index in [4.69, 9.17) is 16.3 Å². The van der Waals surface area contributed by atoms with E-state index in [0.29, 0.717) is 23.4 Å². The highest BCUT2D eigenvalue weighted by atomic mass is 127. The molecular weight excluding hydrogens is 465 g/mol. The van der Waals surface area contributed by atoms with Gasteiger partial charge in [0.25, 0.3) is 0 Å². The highest BCUT2D eigenvalue weighted by Gasteiger charge is 2.11. The third-order valence-electron chi connectivity index (χ3n) is 3.90. The summed E-state index contributed by atoms with van der Waals surface area (Å²) in [5.41, 5.74) is 0.984. The number of methoxy groups -OCH3 is 1. The van der Waals surface area contributed by atoms with Gasteiger partial charge in [-0.3, -0.25) is 0 Å². The fourth-order valence-electron chi connectivity index (χ4n) is 2.75. The molecule has 3 N–H and O–H groups in total. The van der Waals surface area contributed by atoms with Gasteiger partial charge in [-0.1, -0.05) is 31.5 Å². The van der Waals surface area contributed by atoms with Crippen LogP contribution in [0.2, 0.25) is 5.02 Å². The molecule has 0 aliphatic carbocycles. The van der Waals surface area contributed by atoms with Crippen molar-refractivity contribution in [2.24, 2.45) is 16.8 Å². The zero-order chi connectivity index (χ0) is 18.7. The van der Waals surface area contributed by atoms with Crippen molar-refractivity contribution in [3.8, 4) is 5.75 Å². The largest absolute Gasteiger partial charge is 0.496 e. The van der Waals surface area contributed by atoms with E-state index in [0.717, 1.165) is 43.2 Å². The van der Waals surface area contributed by atoms with Gasteiger partial charge in [-0.2, -0.15) is 0 Å². The van der Waals surface area contributed by atoms with Crippen molar-refractivity contribution in [3.05, 3.63) is 28.8 Å². The second-order valence-electron chi connectivity index (χ2n) is 6.54. The van der Waals surface area contributed by atoms with Crippen molar-refractivity contribution in [1.82, 2.24) is 10.6 Å². The number of aliphatic hydroxyl groups excluding tert-OH is 1. The predicted molar refractivity (Wildman–Crippen MR) is 121 cm³/mol. The average Bonchev–Trinajstić information content (AvgIpc) is 2.57. The number of hydrogen-bond acceptors (Lipinski definition) is 3. The minimum absolute atomic E-state index is 0. The van der Waals surface area contributed by atoms with Gasteiger partial charge in [0, 0.05) is 30.3 Å². The Bertz CT molecular complexity index is 542. The van der Waals surface area contributed by atoms with Crippen molar-refractivity contribution >= 4 is 41.5 Å². The highest BCUT2D eigenvalue weighted by Crippen LogP contribution is 2.23. The quantitative estimate of drug-likeness (QED) is 0.259. The van der Waals surface area contributed by atoms with Crippen LogP contribution in [0.1, 0.15) is 39.2 Å². The van der Waals surface area contributed by atoms with Gasteiger partial charge in [-0.15, -0.1) is 24.0 Å². The zero-order valence-corrected chi connectivity index (χ0v) is 19.3. The highest BCUT2D eigenvalue weighted by molar-refractivity contribution is 14.0. The molecule has 0 spiro atoms. The summed E-state index contributed by atoms with van der Waals surface area (Å²) < 4.78 is 5.37. The molecule has 26 heavy (non-hydrogen) atoms. The van der Waals surface area contributed by atoms with E-state index in [1.807, 2.05) is 19.1 Å². The maximum absolute atomic E-state index is 9.25. The zero-order valence-electron chi connectivity index (χ0n) is 16.2. The Morgan fingerprint density at radius 2 is 2.04 bits per heavy atom. The van der Waals surface area contributed by atoms with Crippen LogP contribution >= 0.6 is 35.6 Å². The maximum Gasteiger partial charge on any atom is 0.191 e. The van der Waals surface area contributed by atoms with Crippen molar-refractivity contribution in [3.63, 3.8) is 0 Å². The lowest BCUT2D eigenvalue weighted by Crippen LogP contribution is -2.40. The smallest absolute Gasteiger partial charge is 0.191 e. The molecular formula is C19H33ClIN3O2. The lowest BCUT2D eigenvalue weighted by molar-refractivity contribution is 0.243. The van der Waals surface area contributed by atoms with Gasteiger partial charge in [0.15, 0.2) is 5.96 Å². The Kier molecular flexibility index (Phi) is 13.9. The first-order chi connectivity index (χ1) is 12.0. The third-order valence-corrected chi connectivity index (χ3v) is 4.14. The molecule has 1 unspecified atom stereocenters. The first-order valence-corrected chi connectivity index (χ1v) is 9.33. The molecule has 1 atom stereocenters. The van der Waals surface area contributed by atoms with Crippen LogP contribution in [0.4, 0.5) is 0 Å². The van der Waals surface area contributed by atoms with Gasteiger partial charge < -0.3 is 20.5 Å². The number of aliphatic imine (C=N–C) groups is 1. The van der Waals surface area contributed by atoms with E-state index < -0.39 is 0 Å². The van der Waals surface area contributed by atoms with E-state index in [1.54, 1.807) is 13.2 Å². The van der Waals surface area contributed by atoms with Gasteiger partial charge in [0.05, 0.1) is 13.7 Å². The van der Waals surface area contributed by atoms with E-state index in [9.17, 15) is 5.11 Å². The predicted octanol–water partition coefficient (Wildman–Crippen LogP) is 4.07. The Balaban J connectivity index is 0.00000625. The number of nitrogens with zero attached hydrogens (tertiary/aromatic N) is 1. The number of aliphatic hydroxyl groups is 1. The molecule has 1 aromatic rings. The molecule has 0 fully saturated rings. The summed E-state index contributed by atoms with van der Waals surface area (Å²) in [7, 11) is 1.63. The second kappa shape index (κ2) is 14.3. The van der Waals surface area contributed by atoms with E-state index in [1.165, 1.54) is 0 Å². The molecule has 7 heteroatoms. The van der Waals surface area contributed by atoms with Crippen LogP contribution in [0.5, 0.6) is 5.75 Å². The number of rotatable bonds is 10. The SMILES string of the molecule is CCNC(=NCc1ccc(Cl)cc1OC)NCC(CCO)CC(C)C.I. The van der Waals surface area contributed by atoms with Crippen molar-refractivity contribution in [2.45, 2.75) is 40.2 Å². The number of halogens is 2. The Morgan fingerprint density at radius 3 is 2.62 bits per heavy atom. The molecule has 0 heterocycles. The molecule has 1 rings (SSSR count). The topological polar surface area (TPSA) is 65.9 Å². The molecule has 0 saturated carbocycles. The molecule has 0 amide bonds. The van der Waals surface area contributed by atoms with Crippen LogP contribution in [0.3, 0.4) is 0 Å². The monoisotopic (exact) mass is 497 g/mol. The van der Waals surface area contributed by atoms with E-state index in [-0.39, 0.29) is 30.6 Å². The summed E-state index contributed by atoms with van der Waals surface area (Å²) in [4.78, 5) is 4.64. The number of guanidine groups is 1. The van der Waals surface area contributed by atoms with Crippen molar-refractivity contribution < 1.29 is 9.84 Å². The molecule has 0 aliphatic rings. The Labute approximate surface area is 180 Å². The Hall–Kier alpha value is -0.730. The van der Waals surface area contributed by atoms with Crippen LogP contribution < -0.4 is 15.4 Å². The molecule has 0 bridgehead atoms. The van der Waals surface area contributed by atoms with Gasteiger partial charge in [-0.25, -0.2) is 4.99 Å². The van der Waals surface area contributed by atoms with Gasteiger partial charge in [0.2, 0.25) is 0 Å². The molecule has 0 aliphatic heterocycles. The van der Waals surface area contributed by atoms with Crippen LogP contribution in [-0.4, -0.2) is 37.9 Å². The number of ether oxygens (including phenoxy) is 1. The summed E-state index contributed by atoms with van der Waals surface area (Å²) >= 11 is 6.00. The third kappa shape index (κ3) is 9.83. The number of nitrogens with one attached hydrogen (secondary N) is 2. The molecule has 5 nitrogen and oxygen atoms in total. The second-order valence-corrected chi connectivity index (χ2v) is 6.98. The number of hydrogen-bond donors (Lipinski definition) is 3. The summed E-state index contributed by atoms with van der Waals surface area (Å²) in [6.45, 7) is 8.76. The molecule has 0 saturated heterocycles. The summed E-state index contributed by atoms with van der Waals surface area (Å²) in [5.74, 6) is 2.55. The van der Waals surface area contributed by atoms with Crippen LogP contribution in [0.25, 0.3) is 0 Å². The first-order valence-electron chi connectivity index (χ1n) is 8.95. The van der Waals surface area contributed by atoms with Crippen LogP contribution in [0, 0.1) is 11.8 Å². The minimum atomic E-state index is 0. The maximum atomic E-state index is 9.25. The lowest BCUT2D eigenvalue weighted by Gasteiger charge is -2.20. The Morgan fingerprint density at radius 1 is 1.31 bits per heavy atom. The van der Waals surface area contributed by atoms with E-state index in [2.05, 4.69) is 29.5 Å². The average molecular weight is 498 g/mol. The first kappa shape index (κ1) is 25.3. The van der Waals surface area contributed by atoms with Gasteiger partial charge in [0.1, 0.15) is 5.75 Å². The van der Waals surface area contributed by atoms with Gasteiger partial charge >= 0.3 is 0 Å². The number of benzene rings is 1. The molecule has 1 aromatic carbocycles. The van der Waals surface area contributed by atoms with Gasteiger partial charge in [-0.05, 0) is 43.7 Å². The van der Waals surface area contributed by atoms with Crippen LogP contribution in [-0.2, 0) is 6.54 Å². The van der Waals surface area contributed by atoms with Crippen molar-refractivity contribution in [1.29, 1.82) is 0 Å².